The van der Waals surface area contributed by atoms with E-state index in [2.05, 4.69) is 22.2 Å². The van der Waals surface area contributed by atoms with E-state index in [4.69, 9.17) is 0 Å². The Balaban J connectivity index is 1.35. The number of benzene rings is 1. The largest absolute Gasteiger partial charge is 0.350 e. The van der Waals surface area contributed by atoms with E-state index in [1.807, 2.05) is 35.0 Å². The Morgan fingerprint density at radius 3 is 2.74 bits per heavy atom. The van der Waals surface area contributed by atoms with Gasteiger partial charge in [0, 0.05) is 43.1 Å². The van der Waals surface area contributed by atoms with E-state index in [1.165, 1.54) is 19.4 Å². The Morgan fingerprint density at radius 1 is 1.35 bits per heavy atom. The molecule has 5 rings (SSSR count). The van der Waals surface area contributed by atoms with Crippen LogP contribution in [0, 0.1) is 5.92 Å². The highest BCUT2D eigenvalue weighted by molar-refractivity contribution is 5.94. The van der Waals surface area contributed by atoms with Crippen LogP contribution in [0.3, 0.4) is 0 Å². The molecule has 2 bridgehead atoms. The molecule has 1 saturated carbocycles. The highest BCUT2D eigenvalue weighted by atomic mass is 16.1. The molecule has 1 N–H and O–H groups in total. The number of likely N-dealkylation sites (N-methyl/N-ethyl adjacent to an activating group) is 1. The molecule has 2 aliphatic heterocycles. The van der Waals surface area contributed by atoms with Crippen molar-refractivity contribution in [2.75, 3.05) is 20.1 Å². The van der Waals surface area contributed by atoms with E-state index < -0.39 is 0 Å². The first-order chi connectivity index (χ1) is 11.1. The minimum atomic E-state index is 0.0253. The second-order valence-corrected chi connectivity index (χ2v) is 6.99. The highest BCUT2D eigenvalue weighted by Gasteiger charge is 2.54. The van der Waals surface area contributed by atoms with Gasteiger partial charge in [-0.15, -0.1) is 0 Å². The standard InChI is InChI=1S/C18H22N4O/c1-21-10-15-8-18(21,9-15)12-20-17(23)16-4-2-14(3-5-16)11-22-7-6-19-13-22/h2-7,13,15H,8-12H2,1H3,(H,20,23). The lowest BCUT2D eigenvalue weighted by molar-refractivity contribution is 0.0866. The second-order valence-electron chi connectivity index (χ2n) is 6.99. The number of hydrogen-bond acceptors (Lipinski definition) is 3. The lowest BCUT2D eigenvalue weighted by Crippen LogP contribution is -2.52. The molecule has 3 heterocycles. The fourth-order valence-corrected chi connectivity index (χ4v) is 4.02. The third-order valence-electron chi connectivity index (χ3n) is 5.40. The maximum absolute atomic E-state index is 12.4. The monoisotopic (exact) mass is 310 g/mol. The van der Waals surface area contributed by atoms with E-state index in [0.717, 1.165) is 30.1 Å². The van der Waals surface area contributed by atoms with Crippen molar-refractivity contribution in [1.82, 2.24) is 19.8 Å². The van der Waals surface area contributed by atoms with Crippen molar-refractivity contribution in [3.8, 4) is 0 Å². The predicted octanol–water partition coefficient (Wildman–Crippen LogP) is 1.76. The molecule has 0 radical (unpaired) electrons. The van der Waals surface area contributed by atoms with E-state index >= 15 is 0 Å². The fraction of sp³-hybridized carbons (Fsp3) is 0.444. The molecule has 3 aliphatic rings. The van der Waals surface area contributed by atoms with Crippen molar-refractivity contribution >= 4 is 5.91 Å². The Hall–Kier alpha value is -2.14. The quantitative estimate of drug-likeness (QED) is 0.915. The van der Waals surface area contributed by atoms with Gasteiger partial charge in [0.2, 0.25) is 0 Å². The lowest BCUT2D eigenvalue weighted by Gasteiger charge is -2.41. The topological polar surface area (TPSA) is 50.2 Å². The summed E-state index contributed by atoms with van der Waals surface area (Å²) in [5.74, 6) is 0.872. The van der Waals surface area contributed by atoms with Crippen molar-refractivity contribution in [3.63, 3.8) is 0 Å². The first-order valence-corrected chi connectivity index (χ1v) is 8.19. The molecule has 1 aliphatic carbocycles. The molecule has 1 aromatic heterocycles. The number of hydrogen-bond donors (Lipinski definition) is 1. The van der Waals surface area contributed by atoms with Gasteiger partial charge in [-0.3, -0.25) is 9.69 Å². The molecular formula is C18H22N4O. The average molecular weight is 310 g/mol. The maximum atomic E-state index is 12.4. The smallest absolute Gasteiger partial charge is 0.251 e. The molecule has 23 heavy (non-hydrogen) atoms. The van der Waals surface area contributed by atoms with Crippen molar-refractivity contribution in [1.29, 1.82) is 0 Å². The van der Waals surface area contributed by atoms with Crippen LogP contribution < -0.4 is 5.32 Å². The van der Waals surface area contributed by atoms with Crippen LogP contribution in [0.1, 0.15) is 28.8 Å². The van der Waals surface area contributed by atoms with Crippen molar-refractivity contribution < 1.29 is 4.79 Å². The van der Waals surface area contributed by atoms with Crippen molar-refractivity contribution in [3.05, 3.63) is 54.1 Å². The van der Waals surface area contributed by atoms with E-state index in [-0.39, 0.29) is 11.4 Å². The average Bonchev–Trinajstić information content (AvgIpc) is 3.20. The van der Waals surface area contributed by atoms with Gasteiger partial charge in [0.25, 0.3) is 5.91 Å². The highest BCUT2D eigenvalue weighted by Crippen LogP contribution is 2.49. The zero-order valence-corrected chi connectivity index (χ0v) is 13.4. The Morgan fingerprint density at radius 2 is 2.13 bits per heavy atom. The fourth-order valence-electron chi connectivity index (χ4n) is 4.02. The maximum Gasteiger partial charge on any atom is 0.251 e. The van der Waals surface area contributed by atoms with Crippen LogP contribution in [-0.4, -0.2) is 46.0 Å². The normalized spacial score (nSPS) is 26.0. The van der Waals surface area contributed by atoms with Crippen molar-refractivity contribution in [2.24, 2.45) is 5.92 Å². The summed E-state index contributed by atoms with van der Waals surface area (Å²) in [6.07, 6.45) is 7.96. The summed E-state index contributed by atoms with van der Waals surface area (Å²) in [7, 11) is 2.17. The zero-order valence-electron chi connectivity index (χ0n) is 13.4. The molecule has 5 heteroatoms. The number of nitrogens with one attached hydrogen (secondary N) is 1. The van der Waals surface area contributed by atoms with Crippen LogP contribution in [0.15, 0.2) is 43.0 Å². The lowest BCUT2D eigenvalue weighted by atomic mass is 9.73. The third-order valence-corrected chi connectivity index (χ3v) is 5.40. The SMILES string of the molecule is CN1CC2CC1(CNC(=O)c1ccc(Cn3ccnc3)cc1)C2. The summed E-state index contributed by atoms with van der Waals surface area (Å²) in [6, 6.07) is 7.82. The van der Waals surface area contributed by atoms with Crippen LogP contribution in [-0.2, 0) is 6.54 Å². The molecule has 3 fully saturated rings. The number of carbonyl (C=O) groups is 1. The van der Waals surface area contributed by atoms with Gasteiger partial charge in [-0.25, -0.2) is 4.98 Å². The minimum absolute atomic E-state index is 0.0253. The summed E-state index contributed by atoms with van der Waals surface area (Å²) in [6.45, 7) is 2.71. The van der Waals surface area contributed by atoms with Gasteiger partial charge in [0.1, 0.15) is 0 Å². The molecule has 0 unspecified atom stereocenters. The van der Waals surface area contributed by atoms with Gasteiger partial charge in [0.05, 0.1) is 6.33 Å². The van der Waals surface area contributed by atoms with E-state index in [9.17, 15) is 4.79 Å². The van der Waals surface area contributed by atoms with Gasteiger partial charge < -0.3 is 9.88 Å². The van der Waals surface area contributed by atoms with Gasteiger partial charge in [-0.2, -0.15) is 0 Å². The summed E-state index contributed by atoms with van der Waals surface area (Å²) < 4.78 is 2.01. The summed E-state index contributed by atoms with van der Waals surface area (Å²) in [5, 5.41) is 3.12. The second kappa shape index (κ2) is 5.49. The van der Waals surface area contributed by atoms with E-state index in [1.54, 1.807) is 12.5 Å². The number of imidazole rings is 1. The number of aromatic nitrogens is 2. The molecular weight excluding hydrogens is 288 g/mol. The van der Waals surface area contributed by atoms with Crippen molar-refractivity contribution in [2.45, 2.75) is 24.9 Å². The zero-order chi connectivity index (χ0) is 15.9. The first kappa shape index (κ1) is 14.5. The van der Waals surface area contributed by atoms with Crippen LogP contribution in [0.4, 0.5) is 0 Å². The number of nitrogens with zero attached hydrogens (tertiary/aromatic N) is 3. The molecule has 120 valence electrons. The molecule has 1 aromatic carbocycles. The van der Waals surface area contributed by atoms with Crippen LogP contribution >= 0.6 is 0 Å². The number of rotatable bonds is 5. The van der Waals surface area contributed by atoms with Crippen LogP contribution in [0.2, 0.25) is 0 Å². The molecule has 1 amide bonds. The van der Waals surface area contributed by atoms with Gasteiger partial charge in [-0.1, -0.05) is 12.1 Å². The molecule has 0 atom stereocenters. The Kier molecular flexibility index (Phi) is 3.45. The van der Waals surface area contributed by atoms with Gasteiger partial charge in [0.15, 0.2) is 0 Å². The predicted molar refractivity (Wildman–Crippen MR) is 88.2 cm³/mol. The summed E-state index contributed by atoms with van der Waals surface area (Å²) >= 11 is 0. The molecule has 0 spiro atoms. The van der Waals surface area contributed by atoms with Gasteiger partial charge in [-0.05, 0) is 43.5 Å². The van der Waals surface area contributed by atoms with Crippen LogP contribution in [0.5, 0.6) is 0 Å². The Bertz CT molecular complexity index is 686. The number of amides is 1. The first-order valence-electron chi connectivity index (χ1n) is 8.19. The minimum Gasteiger partial charge on any atom is -0.350 e. The summed E-state index contributed by atoms with van der Waals surface area (Å²) in [5.41, 5.74) is 2.12. The van der Waals surface area contributed by atoms with Crippen LogP contribution in [0.25, 0.3) is 0 Å². The molecule has 2 aromatic rings. The third kappa shape index (κ3) is 2.65. The number of carbonyl (C=O) groups excluding carboxylic acids is 1. The summed E-state index contributed by atoms with van der Waals surface area (Å²) in [4.78, 5) is 18.8. The molecule has 5 nitrogen and oxygen atoms in total. The Labute approximate surface area is 136 Å². The van der Waals surface area contributed by atoms with E-state index in [0.29, 0.717) is 0 Å². The molecule has 2 saturated heterocycles. The number of fused-ring (bicyclic) bond motifs is 1. The van der Waals surface area contributed by atoms with Gasteiger partial charge >= 0.3 is 0 Å².